The third kappa shape index (κ3) is 3.72. The van der Waals surface area contributed by atoms with E-state index in [9.17, 15) is 9.59 Å². The average molecular weight is 312 g/mol. The van der Waals surface area contributed by atoms with E-state index in [2.05, 4.69) is 0 Å². The molecule has 3 aliphatic rings. The lowest BCUT2D eigenvalue weighted by molar-refractivity contribution is -0.132. The molecule has 0 aromatic rings. The van der Waals surface area contributed by atoms with Crippen LogP contribution >= 0.6 is 11.8 Å². The van der Waals surface area contributed by atoms with Crippen LogP contribution in [0.25, 0.3) is 0 Å². The van der Waals surface area contributed by atoms with Crippen molar-refractivity contribution in [2.24, 2.45) is 11.8 Å². The second-order valence-corrected chi connectivity index (χ2v) is 7.22. The van der Waals surface area contributed by atoms with Crippen molar-refractivity contribution >= 4 is 23.6 Å². The zero-order valence-electron chi connectivity index (χ0n) is 12.5. The first-order chi connectivity index (χ1) is 10.2. The Hall–Kier alpha value is -0.750. The van der Waals surface area contributed by atoms with E-state index in [-0.39, 0.29) is 11.8 Å². The van der Waals surface area contributed by atoms with Crippen molar-refractivity contribution in [2.45, 2.75) is 19.3 Å². The van der Waals surface area contributed by atoms with Gasteiger partial charge >= 0.3 is 0 Å². The Kier molecular flexibility index (Phi) is 5.06. The molecule has 2 saturated heterocycles. The molecule has 2 amide bonds. The van der Waals surface area contributed by atoms with E-state index >= 15 is 0 Å². The van der Waals surface area contributed by atoms with E-state index in [1.165, 1.54) is 31.0 Å². The van der Waals surface area contributed by atoms with Crippen molar-refractivity contribution in [2.75, 3.05) is 50.9 Å². The van der Waals surface area contributed by atoms with Gasteiger partial charge in [-0.2, -0.15) is 0 Å². The minimum absolute atomic E-state index is 0.134. The van der Waals surface area contributed by atoms with Crippen molar-refractivity contribution in [3.63, 3.8) is 0 Å². The summed E-state index contributed by atoms with van der Waals surface area (Å²) in [5.41, 5.74) is 0. The number of morpholine rings is 1. The molecule has 0 N–H and O–H groups in total. The lowest BCUT2D eigenvalue weighted by atomic mass is 10.0. The maximum atomic E-state index is 12.2. The maximum absolute atomic E-state index is 12.2. The first-order valence-corrected chi connectivity index (χ1v) is 9.10. The molecule has 1 aliphatic carbocycles. The standard InChI is InChI=1S/C15H24N2O3S/c18-14(16-4-6-20-7-5-16)10-21-11-15(19)17-8-12-2-1-3-13(12)9-17/h12-13H,1-11H2/t12-,13-/m0/s1. The number of fused-ring (bicyclic) bond motifs is 1. The van der Waals surface area contributed by atoms with Crippen LogP contribution in [0.1, 0.15) is 19.3 Å². The van der Waals surface area contributed by atoms with Gasteiger partial charge in [-0.15, -0.1) is 11.8 Å². The monoisotopic (exact) mass is 312 g/mol. The molecule has 2 heterocycles. The number of thioether (sulfide) groups is 1. The van der Waals surface area contributed by atoms with Gasteiger partial charge in [-0.1, -0.05) is 6.42 Å². The van der Waals surface area contributed by atoms with Gasteiger partial charge in [0.15, 0.2) is 0 Å². The largest absolute Gasteiger partial charge is 0.378 e. The lowest BCUT2D eigenvalue weighted by Crippen LogP contribution is -2.41. The highest BCUT2D eigenvalue weighted by molar-refractivity contribution is 8.00. The van der Waals surface area contributed by atoms with Gasteiger partial charge in [-0.05, 0) is 24.7 Å². The Labute approximate surface area is 130 Å². The molecule has 0 radical (unpaired) electrons. The predicted octanol–water partition coefficient (Wildman–Crippen LogP) is 0.837. The van der Waals surface area contributed by atoms with E-state index < -0.39 is 0 Å². The number of carbonyl (C=O) groups is 2. The maximum Gasteiger partial charge on any atom is 0.232 e. The third-order valence-corrected chi connectivity index (χ3v) is 5.80. The zero-order valence-corrected chi connectivity index (χ0v) is 13.3. The van der Waals surface area contributed by atoms with Crippen LogP contribution in [0, 0.1) is 11.8 Å². The van der Waals surface area contributed by atoms with Gasteiger partial charge in [0.2, 0.25) is 11.8 Å². The second kappa shape index (κ2) is 7.01. The zero-order chi connectivity index (χ0) is 14.7. The molecule has 1 saturated carbocycles. The molecule has 6 heteroatoms. The number of rotatable bonds is 4. The summed E-state index contributed by atoms with van der Waals surface area (Å²) in [6.07, 6.45) is 3.91. The van der Waals surface area contributed by atoms with Crippen LogP contribution < -0.4 is 0 Å². The van der Waals surface area contributed by atoms with Gasteiger partial charge in [0.05, 0.1) is 24.7 Å². The normalized spacial score (nSPS) is 28.8. The van der Waals surface area contributed by atoms with Gasteiger partial charge < -0.3 is 14.5 Å². The van der Waals surface area contributed by atoms with E-state index in [0.29, 0.717) is 37.8 Å². The van der Waals surface area contributed by atoms with Gasteiger partial charge in [0.25, 0.3) is 0 Å². The molecule has 0 unspecified atom stereocenters. The molecule has 0 spiro atoms. The number of likely N-dealkylation sites (tertiary alicyclic amines) is 1. The number of amides is 2. The van der Waals surface area contributed by atoms with Crippen LogP contribution in [0.5, 0.6) is 0 Å². The molecule has 3 fully saturated rings. The van der Waals surface area contributed by atoms with Crippen LogP contribution in [-0.2, 0) is 14.3 Å². The van der Waals surface area contributed by atoms with Crippen molar-refractivity contribution in [1.82, 2.24) is 9.80 Å². The SMILES string of the molecule is O=C(CSCC(=O)N1C[C@@H]2CCC[C@H]2C1)N1CCOCC1. The highest BCUT2D eigenvalue weighted by Crippen LogP contribution is 2.37. The van der Waals surface area contributed by atoms with Gasteiger partial charge in [0.1, 0.15) is 0 Å². The van der Waals surface area contributed by atoms with E-state index in [0.717, 1.165) is 24.9 Å². The Morgan fingerprint density at radius 2 is 1.52 bits per heavy atom. The van der Waals surface area contributed by atoms with Gasteiger partial charge in [-0.3, -0.25) is 9.59 Å². The predicted molar refractivity (Wildman–Crippen MR) is 82.1 cm³/mol. The molecular formula is C15H24N2O3S. The average Bonchev–Trinajstić information content (AvgIpc) is 3.09. The van der Waals surface area contributed by atoms with Gasteiger partial charge in [0, 0.05) is 26.2 Å². The molecule has 0 bridgehead atoms. The quantitative estimate of drug-likeness (QED) is 0.772. The fraction of sp³-hybridized carbons (Fsp3) is 0.867. The third-order valence-electron chi connectivity index (χ3n) is 4.89. The minimum atomic E-state index is 0.134. The van der Waals surface area contributed by atoms with Crippen molar-refractivity contribution in [1.29, 1.82) is 0 Å². The Morgan fingerprint density at radius 1 is 0.952 bits per heavy atom. The number of nitrogens with zero attached hydrogens (tertiary/aromatic N) is 2. The van der Waals surface area contributed by atoms with Crippen LogP contribution in [0.2, 0.25) is 0 Å². The fourth-order valence-electron chi connectivity index (χ4n) is 3.66. The lowest BCUT2D eigenvalue weighted by Gasteiger charge is -2.26. The number of carbonyl (C=O) groups excluding carboxylic acids is 2. The molecule has 5 nitrogen and oxygen atoms in total. The molecule has 0 aromatic carbocycles. The van der Waals surface area contributed by atoms with Crippen molar-refractivity contribution < 1.29 is 14.3 Å². The molecule has 118 valence electrons. The molecular weight excluding hydrogens is 288 g/mol. The van der Waals surface area contributed by atoms with Crippen LogP contribution in [0.15, 0.2) is 0 Å². The van der Waals surface area contributed by atoms with E-state index in [4.69, 9.17) is 4.74 Å². The Morgan fingerprint density at radius 3 is 2.14 bits per heavy atom. The summed E-state index contributed by atoms with van der Waals surface area (Å²) in [7, 11) is 0. The molecule has 0 aromatic heterocycles. The molecule has 2 atom stereocenters. The van der Waals surface area contributed by atoms with Crippen molar-refractivity contribution in [3.05, 3.63) is 0 Å². The van der Waals surface area contributed by atoms with Crippen LogP contribution in [0.4, 0.5) is 0 Å². The fourth-order valence-corrected chi connectivity index (χ4v) is 4.48. The number of hydrogen-bond donors (Lipinski definition) is 0. The van der Waals surface area contributed by atoms with E-state index in [1.54, 1.807) is 0 Å². The summed E-state index contributed by atoms with van der Waals surface area (Å²) in [5.74, 6) is 2.68. The smallest absolute Gasteiger partial charge is 0.232 e. The second-order valence-electron chi connectivity index (χ2n) is 6.24. The number of ether oxygens (including phenoxy) is 1. The van der Waals surface area contributed by atoms with Crippen molar-refractivity contribution in [3.8, 4) is 0 Å². The van der Waals surface area contributed by atoms with Crippen LogP contribution in [-0.4, -0.2) is 72.5 Å². The summed E-state index contributed by atoms with van der Waals surface area (Å²) < 4.78 is 5.23. The minimum Gasteiger partial charge on any atom is -0.378 e. The Balaban J connectivity index is 1.35. The first kappa shape index (κ1) is 15.2. The highest BCUT2D eigenvalue weighted by Gasteiger charge is 2.37. The van der Waals surface area contributed by atoms with Crippen LogP contribution in [0.3, 0.4) is 0 Å². The summed E-state index contributed by atoms with van der Waals surface area (Å²) in [6, 6.07) is 0. The first-order valence-electron chi connectivity index (χ1n) is 7.95. The molecule has 3 rings (SSSR count). The molecule has 2 aliphatic heterocycles. The summed E-state index contributed by atoms with van der Waals surface area (Å²) >= 11 is 1.45. The number of hydrogen-bond acceptors (Lipinski definition) is 4. The highest BCUT2D eigenvalue weighted by atomic mass is 32.2. The van der Waals surface area contributed by atoms with E-state index in [1.807, 2.05) is 9.80 Å². The van der Waals surface area contributed by atoms with Gasteiger partial charge in [-0.25, -0.2) is 0 Å². The Bertz CT molecular complexity index is 386. The molecule has 21 heavy (non-hydrogen) atoms. The summed E-state index contributed by atoms with van der Waals surface area (Å²) in [4.78, 5) is 28.0. The summed E-state index contributed by atoms with van der Waals surface area (Å²) in [5, 5.41) is 0. The summed E-state index contributed by atoms with van der Waals surface area (Å²) in [6.45, 7) is 4.52. The topological polar surface area (TPSA) is 49.9 Å².